The van der Waals surface area contributed by atoms with Crippen molar-refractivity contribution in [1.82, 2.24) is 10.2 Å². The van der Waals surface area contributed by atoms with Gasteiger partial charge in [-0.3, -0.25) is 9.59 Å². The molecule has 4 nitrogen and oxygen atoms in total. The lowest BCUT2D eigenvalue weighted by Crippen LogP contribution is -2.42. The third-order valence-electron chi connectivity index (χ3n) is 3.03. The zero-order chi connectivity index (χ0) is 13.1. The molecule has 0 radical (unpaired) electrons. The molecule has 96 valence electrons. The van der Waals surface area contributed by atoms with Crippen LogP contribution in [0.4, 0.5) is 0 Å². The summed E-state index contributed by atoms with van der Waals surface area (Å²) in [7, 11) is 1.76. The van der Waals surface area contributed by atoms with Crippen molar-refractivity contribution in [3.63, 3.8) is 0 Å². The van der Waals surface area contributed by atoms with Gasteiger partial charge in [0.05, 0.1) is 0 Å². The van der Waals surface area contributed by atoms with Crippen molar-refractivity contribution < 1.29 is 9.59 Å². The van der Waals surface area contributed by atoms with Gasteiger partial charge in [-0.2, -0.15) is 0 Å². The fraction of sp³-hybridized carbons (Fsp3) is 0.385. The van der Waals surface area contributed by atoms with E-state index < -0.39 is 0 Å². The lowest BCUT2D eigenvalue weighted by molar-refractivity contribution is -0.133. The van der Waals surface area contributed by atoms with Gasteiger partial charge in [0, 0.05) is 24.5 Å². The van der Waals surface area contributed by atoms with Crippen LogP contribution in [0.1, 0.15) is 18.4 Å². The van der Waals surface area contributed by atoms with Crippen molar-refractivity contribution in [3.8, 4) is 0 Å². The number of rotatable bonds is 3. The van der Waals surface area contributed by atoms with Crippen molar-refractivity contribution in [2.45, 2.75) is 25.4 Å². The number of hydrogen-bond acceptors (Lipinski definition) is 2. The van der Waals surface area contributed by atoms with E-state index in [1.54, 1.807) is 11.9 Å². The Kier molecular flexibility index (Phi) is 4.01. The van der Waals surface area contributed by atoms with Crippen LogP contribution in [0.15, 0.2) is 28.7 Å². The first-order valence-electron chi connectivity index (χ1n) is 5.85. The van der Waals surface area contributed by atoms with Crippen LogP contribution in [0.3, 0.4) is 0 Å². The van der Waals surface area contributed by atoms with E-state index in [4.69, 9.17) is 0 Å². The third kappa shape index (κ3) is 2.90. The van der Waals surface area contributed by atoms with E-state index in [0.29, 0.717) is 19.4 Å². The second-order valence-corrected chi connectivity index (χ2v) is 5.30. The fourth-order valence-electron chi connectivity index (χ4n) is 2.03. The van der Waals surface area contributed by atoms with Crippen LogP contribution in [0.5, 0.6) is 0 Å². The molecule has 1 N–H and O–H groups in total. The lowest BCUT2D eigenvalue weighted by Gasteiger charge is -2.21. The summed E-state index contributed by atoms with van der Waals surface area (Å²) in [5.74, 6) is -0.0701. The van der Waals surface area contributed by atoms with Gasteiger partial charge in [0.25, 0.3) is 0 Å². The molecule has 5 heteroatoms. The molecule has 0 bridgehead atoms. The number of carbonyl (C=O) groups is 2. The molecule has 1 aromatic carbocycles. The Hall–Kier alpha value is -1.36. The van der Waals surface area contributed by atoms with Gasteiger partial charge in [0.15, 0.2) is 0 Å². The molecule has 1 unspecified atom stereocenters. The van der Waals surface area contributed by atoms with Crippen molar-refractivity contribution in [2.24, 2.45) is 0 Å². The van der Waals surface area contributed by atoms with Gasteiger partial charge in [-0.05, 0) is 18.1 Å². The molecule has 18 heavy (non-hydrogen) atoms. The summed E-state index contributed by atoms with van der Waals surface area (Å²) in [5.41, 5.74) is 1.05. The predicted octanol–water partition coefficient (Wildman–Crippen LogP) is 1.69. The minimum absolute atomic E-state index is 0.0309. The van der Waals surface area contributed by atoms with E-state index in [-0.39, 0.29) is 17.9 Å². The van der Waals surface area contributed by atoms with E-state index in [2.05, 4.69) is 21.2 Å². The van der Waals surface area contributed by atoms with E-state index in [9.17, 15) is 9.59 Å². The van der Waals surface area contributed by atoms with E-state index in [1.165, 1.54) is 0 Å². The van der Waals surface area contributed by atoms with Gasteiger partial charge >= 0.3 is 0 Å². The molecule has 1 heterocycles. The molecule has 1 atom stereocenters. The van der Waals surface area contributed by atoms with Gasteiger partial charge in [0.2, 0.25) is 11.8 Å². The van der Waals surface area contributed by atoms with Crippen LogP contribution < -0.4 is 5.32 Å². The summed E-state index contributed by atoms with van der Waals surface area (Å²) in [5, 5.41) is 2.69. The van der Waals surface area contributed by atoms with Crippen LogP contribution in [-0.4, -0.2) is 29.8 Å². The van der Waals surface area contributed by atoms with Gasteiger partial charge in [-0.1, -0.05) is 34.1 Å². The average Bonchev–Trinajstić information content (AvgIpc) is 2.78. The van der Waals surface area contributed by atoms with E-state index in [0.717, 1.165) is 10.0 Å². The first kappa shape index (κ1) is 13.1. The predicted molar refractivity (Wildman–Crippen MR) is 71.8 cm³/mol. The van der Waals surface area contributed by atoms with Crippen LogP contribution >= 0.6 is 15.9 Å². The Bertz CT molecular complexity index is 476. The highest BCUT2D eigenvalue weighted by molar-refractivity contribution is 9.10. The summed E-state index contributed by atoms with van der Waals surface area (Å²) >= 11 is 3.46. The first-order chi connectivity index (χ1) is 8.58. The van der Waals surface area contributed by atoms with Crippen molar-refractivity contribution in [2.75, 3.05) is 7.05 Å². The second-order valence-electron chi connectivity index (χ2n) is 4.44. The van der Waals surface area contributed by atoms with Crippen LogP contribution in [0.25, 0.3) is 0 Å². The van der Waals surface area contributed by atoms with Gasteiger partial charge < -0.3 is 10.2 Å². The van der Waals surface area contributed by atoms with Gasteiger partial charge in [0.1, 0.15) is 6.04 Å². The van der Waals surface area contributed by atoms with E-state index >= 15 is 0 Å². The summed E-state index contributed by atoms with van der Waals surface area (Å²) in [6, 6.07) is 7.44. The maximum Gasteiger partial charge on any atom is 0.245 e. The van der Waals surface area contributed by atoms with Gasteiger partial charge in [-0.25, -0.2) is 0 Å². The number of benzene rings is 1. The Balaban J connectivity index is 2.00. The van der Waals surface area contributed by atoms with Crippen molar-refractivity contribution >= 4 is 27.7 Å². The maximum atomic E-state index is 12.1. The standard InChI is InChI=1S/C13H15BrN2O2/c1-16(8-9-4-2-3-5-10(9)14)13(18)11-6-7-12(17)15-11/h2-5,11H,6-8H2,1H3,(H,15,17). The molecule has 2 amide bonds. The minimum atomic E-state index is -0.356. The summed E-state index contributed by atoms with van der Waals surface area (Å²) in [6.07, 6.45) is 1.04. The first-order valence-corrected chi connectivity index (χ1v) is 6.65. The zero-order valence-electron chi connectivity index (χ0n) is 10.1. The topological polar surface area (TPSA) is 49.4 Å². The third-order valence-corrected chi connectivity index (χ3v) is 3.81. The smallest absolute Gasteiger partial charge is 0.245 e. The quantitative estimate of drug-likeness (QED) is 0.923. The SMILES string of the molecule is CN(Cc1ccccc1Br)C(=O)C1CCC(=O)N1. The summed E-state index contributed by atoms with van der Waals surface area (Å²) < 4.78 is 0.986. The minimum Gasteiger partial charge on any atom is -0.344 e. The Morgan fingerprint density at radius 2 is 2.22 bits per heavy atom. The Morgan fingerprint density at radius 1 is 1.50 bits per heavy atom. The lowest BCUT2D eigenvalue weighted by atomic mass is 10.1. The molecular weight excluding hydrogens is 296 g/mol. The number of nitrogens with one attached hydrogen (secondary N) is 1. The molecule has 0 aliphatic carbocycles. The molecule has 0 spiro atoms. The number of likely N-dealkylation sites (N-methyl/N-ethyl adjacent to an activating group) is 1. The Labute approximate surface area is 114 Å². The molecule has 1 aromatic rings. The number of nitrogens with zero attached hydrogens (tertiary/aromatic N) is 1. The molecule has 2 rings (SSSR count). The second kappa shape index (κ2) is 5.52. The highest BCUT2D eigenvalue weighted by atomic mass is 79.9. The normalized spacial score (nSPS) is 18.6. The van der Waals surface area contributed by atoms with Crippen LogP contribution in [0, 0.1) is 0 Å². The molecule has 1 aliphatic heterocycles. The van der Waals surface area contributed by atoms with Crippen LogP contribution in [0.2, 0.25) is 0 Å². The van der Waals surface area contributed by atoms with E-state index in [1.807, 2.05) is 24.3 Å². The zero-order valence-corrected chi connectivity index (χ0v) is 11.7. The van der Waals surface area contributed by atoms with Gasteiger partial charge in [-0.15, -0.1) is 0 Å². The number of hydrogen-bond donors (Lipinski definition) is 1. The summed E-state index contributed by atoms with van der Waals surface area (Å²) in [4.78, 5) is 24.9. The Morgan fingerprint density at radius 3 is 2.83 bits per heavy atom. The molecule has 0 aromatic heterocycles. The molecule has 0 saturated carbocycles. The molecular formula is C13H15BrN2O2. The van der Waals surface area contributed by atoms with Crippen molar-refractivity contribution in [1.29, 1.82) is 0 Å². The monoisotopic (exact) mass is 310 g/mol. The molecule has 1 saturated heterocycles. The molecule has 1 fully saturated rings. The van der Waals surface area contributed by atoms with Crippen LogP contribution in [-0.2, 0) is 16.1 Å². The number of carbonyl (C=O) groups excluding carboxylic acids is 2. The largest absolute Gasteiger partial charge is 0.344 e. The fourth-order valence-corrected chi connectivity index (χ4v) is 2.44. The highest BCUT2D eigenvalue weighted by Crippen LogP contribution is 2.18. The maximum absolute atomic E-state index is 12.1. The average molecular weight is 311 g/mol. The summed E-state index contributed by atoms with van der Waals surface area (Å²) in [6.45, 7) is 0.534. The highest BCUT2D eigenvalue weighted by Gasteiger charge is 2.29. The molecule has 1 aliphatic rings. The van der Waals surface area contributed by atoms with Crippen molar-refractivity contribution in [3.05, 3.63) is 34.3 Å². The number of amides is 2. The number of halogens is 1.